The van der Waals surface area contributed by atoms with Crippen LogP contribution < -0.4 is 5.32 Å². The van der Waals surface area contributed by atoms with Crippen LogP contribution in [0, 0.1) is 5.82 Å². The van der Waals surface area contributed by atoms with Crippen LogP contribution in [0.15, 0.2) is 40.8 Å². The molecule has 90 valence electrons. The Morgan fingerprint density at radius 3 is 2.76 bits per heavy atom. The summed E-state index contributed by atoms with van der Waals surface area (Å²) in [6, 6.07) is 10.4. The van der Waals surface area contributed by atoms with Crippen molar-refractivity contribution in [2.45, 2.75) is 19.9 Å². The van der Waals surface area contributed by atoms with E-state index in [0.717, 1.165) is 25.3 Å². The summed E-state index contributed by atoms with van der Waals surface area (Å²) in [5, 5.41) is 2.18. The number of hydrogen-bond donors (Lipinski definition) is 1. The van der Waals surface area contributed by atoms with Crippen molar-refractivity contribution >= 4 is 0 Å². The molecule has 0 fully saturated rings. The van der Waals surface area contributed by atoms with Gasteiger partial charge < -0.3 is 9.73 Å². The molecule has 0 saturated heterocycles. The Bertz CT molecular complexity index is 479. The summed E-state index contributed by atoms with van der Waals surface area (Å²) < 4.78 is 19.1. The van der Waals surface area contributed by atoms with Gasteiger partial charge in [0.25, 0.3) is 0 Å². The molecule has 0 radical (unpaired) electrons. The molecule has 0 spiro atoms. The van der Waals surface area contributed by atoms with E-state index >= 15 is 0 Å². The Morgan fingerprint density at radius 1 is 1.18 bits per heavy atom. The normalized spacial score (nSPS) is 10.7. The van der Waals surface area contributed by atoms with Crippen LogP contribution in [-0.2, 0) is 6.54 Å². The highest BCUT2D eigenvalue weighted by Crippen LogP contribution is 2.24. The van der Waals surface area contributed by atoms with Crippen molar-refractivity contribution in [3.05, 3.63) is 48.0 Å². The largest absolute Gasteiger partial charge is 0.455 e. The number of nitrogens with two attached hydrogens (primary N) is 1. The fourth-order valence-electron chi connectivity index (χ4n) is 1.74. The van der Waals surface area contributed by atoms with Crippen LogP contribution in [0.1, 0.15) is 19.1 Å². The highest BCUT2D eigenvalue weighted by atomic mass is 19.1. The van der Waals surface area contributed by atoms with Gasteiger partial charge in [-0.3, -0.25) is 0 Å². The maximum atomic E-state index is 13.5. The van der Waals surface area contributed by atoms with E-state index in [1.807, 2.05) is 18.2 Å². The van der Waals surface area contributed by atoms with E-state index < -0.39 is 0 Å². The molecule has 2 nitrogen and oxygen atoms in total. The fourth-order valence-corrected chi connectivity index (χ4v) is 1.74. The maximum absolute atomic E-state index is 13.5. The topological polar surface area (TPSA) is 29.8 Å². The molecule has 0 saturated carbocycles. The molecule has 17 heavy (non-hydrogen) atoms. The average Bonchev–Trinajstić information content (AvgIpc) is 2.79. The molecule has 0 unspecified atom stereocenters. The second-order valence-corrected chi connectivity index (χ2v) is 4.03. The van der Waals surface area contributed by atoms with Crippen LogP contribution in [0.2, 0.25) is 0 Å². The molecule has 0 bridgehead atoms. The molecule has 3 heteroatoms. The van der Waals surface area contributed by atoms with Gasteiger partial charge in [0.2, 0.25) is 0 Å². The second-order valence-electron chi connectivity index (χ2n) is 4.03. The molecule has 2 aromatic rings. The zero-order valence-corrected chi connectivity index (χ0v) is 9.95. The lowest BCUT2D eigenvalue weighted by atomic mass is 10.1. The van der Waals surface area contributed by atoms with E-state index in [0.29, 0.717) is 11.3 Å². The van der Waals surface area contributed by atoms with Crippen molar-refractivity contribution in [3.8, 4) is 11.3 Å². The van der Waals surface area contributed by atoms with Crippen LogP contribution in [-0.4, -0.2) is 6.54 Å². The van der Waals surface area contributed by atoms with Crippen LogP contribution >= 0.6 is 0 Å². The monoisotopic (exact) mass is 234 g/mol. The lowest BCUT2D eigenvalue weighted by Crippen LogP contribution is -2.82. The van der Waals surface area contributed by atoms with Crippen molar-refractivity contribution in [2.24, 2.45) is 0 Å². The molecule has 0 atom stereocenters. The van der Waals surface area contributed by atoms with Gasteiger partial charge in [-0.15, -0.1) is 0 Å². The van der Waals surface area contributed by atoms with Gasteiger partial charge in [0.05, 0.1) is 12.1 Å². The highest BCUT2D eigenvalue weighted by Gasteiger charge is 2.09. The first kappa shape index (κ1) is 11.9. The standard InChI is InChI=1S/C14H16FNO/c1-2-9-16-10-11-7-8-14(17-11)12-5-3-4-6-13(12)15/h3-8,16H,2,9-10H2,1H3/p+1. The van der Waals surface area contributed by atoms with Gasteiger partial charge in [0.15, 0.2) is 5.76 Å². The third-order valence-corrected chi connectivity index (χ3v) is 2.64. The molecule has 2 rings (SSSR count). The Hall–Kier alpha value is -1.61. The second kappa shape index (κ2) is 5.64. The Labute approximate surface area is 100 Å². The zero-order chi connectivity index (χ0) is 12.1. The number of benzene rings is 1. The molecule has 2 N–H and O–H groups in total. The van der Waals surface area contributed by atoms with E-state index in [2.05, 4.69) is 12.2 Å². The Kier molecular flexibility index (Phi) is 3.94. The van der Waals surface area contributed by atoms with Crippen molar-refractivity contribution in [3.63, 3.8) is 0 Å². The van der Waals surface area contributed by atoms with E-state index in [1.54, 1.807) is 12.1 Å². The summed E-state index contributed by atoms with van der Waals surface area (Å²) in [6.45, 7) is 4.03. The smallest absolute Gasteiger partial charge is 0.158 e. The predicted octanol–water partition coefficient (Wildman–Crippen LogP) is 2.56. The molecular weight excluding hydrogens is 217 g/mol. The summed E-state index contributed by atoms with van der Waals surface area (Å²) in [5.74, 6) is 1.24. The molecular formula is C14H17FNO+. The van der Waals surface area contributed by atoms with Crippen LogP contribution in [0.5, 0.6) is 0 Å². The molecule has 1 aromatic heterocycles. The summed E-state index contributed by atoms with van der Waals surface area (Å²) in [7, 11) is 0. The molecule has 1 heterocycles. The number of rotatable bonds is 5. The molecule has 0 aliphatic carbocycles. The first-order chi connectivity index (χ1) is 8.31. The van der Waals surface area contributed by atoms with Crippen molar-refractivity contribution in [1.29, 1.82) is 0 Å². The van der Waals surface area contributed by atoms with Gasteiger partial charge in [-0.05, 0) is 30.7 Å². The third kappa shape index (κ3) is 2.94. The summed E-state index contributed by atoms with van der Waals surface area (Å²) in [4.78, 5) is 0. The minimum atomic E-state index is -0.245. The first-order valence-corrected chi connectivity index (χ1v) is 5.96. The van der Waals surface area contributed by atoms with E-state index in [9.17, 15) is 4.39 Å². The number of halogens is 1. The van der Waals surface area contributed by atoms with Gasteiger partial charge in [0.1, 0.15) is 18.1 Å². The molecule has 0 amide bonds. The summed E-state index contributed by atoms with van der Waals surface area (Å²) >= 11 is 0. The summed E-state index contributed by atoms with van der Waals surface area (Å²) in [6.07, 6.45) is 1.14. The minimum Gasteiger partial charge on any atom is -0.455 e. The number of furan rings is 1. The van der Waals surface area contributed by atoms with Crippen LogP contribution in [0.4, 0.5) is 4.39 Å². The van der Waals surface area contributed by atoms with Gasteiger partial charge in [0, 0.05) is 0 Å². The lowest BCUT2D eigenvalue weighted by Gasteiger charge is -1.99. The number of hydrogen-bond acceptors (Lipinski definition) is 1. The Balaban J connectivity index is 2.10. The quantitative estimate of drug-likeness (QED) is 0.792. The zero-order valence-electron chi connectivity index (χ0n) is 9.95. The average molecular weight is 234 g/mol. The highest BCUT2D eigenvalue weighted by molar-refractivity contribution is 5.58. The van der Waals surface area contributed by atoms with Crippen LogP contribution in [0.25, 0.3) is 11.3 Å². The van der Waals surface area contributed by atoms with Gasteiger partial charge >= 0.3 is 0 Å². The van der Waals surface area contributed by atoms with E-state index in [4.69, 9.17) is 4.42 Å². The molecule has 0 aliphatic heterocycles. The van der Waals surface area contributed by atoms with Crippen molar-refractivity contribution < 1.29 is 14.1 Å². The Morgan fingerprint density at radius 2 is 2.00 bits per heavy atom. The molecule has 1 aromatic carbocycles. The van der Waals surface area contributed by atoms with Crippen molar-refractivity contribution in [2.75, 3.05) is 6.54 Å². The number of quaternary nitrogens is 1. The maximum Gasteiger partial charge on any atom is 0.158 e. The lowest BCUT2D eigenvalue weighted by molar-refractivity contribution is -0.672. The predicted molar refractivity (Wildman–Crippen MR) is 64.9 cm³/mol. The minimum absolute atomic E-state index is 0.245. The fraction of sp³-hybridized carbons (Fsp3) is 0.286. The van der Waals surface area contributed by atoms with Gasteiger partial charge in [-0.2, -0.15) is 0 Å². The third-order valence-electron chi connectivity index (χ3n) is 2.64. The van der Waals surface area contributed by atoms with Crippen molar-refractivity contribution in [1.82, 2.24) is 0 Å². The van der Waals surface area contributed by atoms with E-state index in [-0.39, 0.29) is 5.82 Å². The first-order valence-electron chi connectivity index (χ1n) is 5.96. The van der Waals surface area contributed by atoms with Gasteiger partial charge in [-0.25, -0.2) is 4.39 Å². The van der Waals surface area contributed by atoms with Crippen LogP contribution in [0.3, 0.4) is 0 Å². The van der Waals surface area contributed by atoms with E-state index in [1.165, 1.54) is 6.07 Å². The molecule has 0 aliphatic rings. The SMILES string of the molecule is CCC[NH2+]Cc1ccc(-c2ccccc2F)o1. The van der Waals surface area contributed by atoms with Gasteiger partial charge in [-0.1, -0.05) is 19.1 Å². The summed E-state index contributed by atoms with van der Waals surface area (Å²) in [5.41, 5.74) is 0.522.